The fourth-order valence-corrected chi connectivity index (χ4v) is 1.80. The molecule has 0 saturated heterocycles. The zero-order valence-electron chi connectivity index (χ0n) is 11.2. The number of nitriles is 1. The van der Waals surface area contributed by atoms with Gasteiger partial charge in [0.25, 0.3) is 0 Å². The second-order valence-corrected chi connectivity index (χ2v) is 4.71. The van der Waals surface area contributed by atoms with E-state index in [1.54, 1.807) is 0 Å². The SMILES string of the molecule is CC(C#N)CNC(C)c1cnn(-c2ccccc2)c1. The molecular weight excluding hydrogens is 236 g/mol. The molecule has 1 N–H and O–H groups in total. The molecule has 19 heavy (non-hydrogen) atoms. The molecule has 0 fully saturated rings. The minimum Gasteiger partial charge on any atom is -0.309 e. The van der Waals surface area contributed by atoms with E-state index in [0.717, 1.165) is 11.3 Å². The van der Waals surface area contributed by atoms with Crippen LogP contribution in [0.3, 0.4) is 0 Å². The summed E-state index contributed by atoms with van der Waals surface area (Å²) >= 11 is 0. The topological polar surface area (TPSA) is 53.6 Å². The van der Waals surface area contributed by atoms with E-state index < -0.39 is 0 Å². The first-order chi connectivity index (χ1) is 9.20. The molecule has 0 radical (unpaired) electrons. The zero-order chi connectivity index (χ0) is 13.7. The fourth-order valence-electron chi connectivity index (χ4n) is 1.80. The van der Waals surface area contributed by atoms with Crippen LogP contribution >= 0.6 is 0 Å². The lowest BCUT2D eigenvalue weighted by Crippen LogP contribution is -2.23. The molecule has 0 bridgehead atoms. The van der Waals surface area contributed by atoms with Gasteiger partial charge < -0.3 is 5.32 Å². The Bertz CT molecular complexity index is 553. The van der Waals surface area contributed by atoms with Gasteiger partial charge in [0.2, 0.25) is 0 Å². The Balaban J connectivity index is 2.03. The standard InChI is InChI=1S/C15H18N4/c1-12(8-16)9-17-13(2)14-10-18-19(11-14)15-6-4-3-5-7-15/h3-7,10-13,17H,9H2,1-2H3. The molecule has 2 rings (SSSR count). The van der Waals surface area contributed by atoms with Crippen LogP contribution in [-0.4, -0.2) is 16.3 Å². The summed E-state index contributed by atoms with van der Waals surface area (Å²) in [7, 11) is 0. The predicted molar refractivity (Wildman–Crippen MR) is 74.8 cm³/mol. The number of hydrogen-bond acceptors (Lipinski definition) is 3. The van der Waals surface area contributed by atoms with Crippen LogP contribution in [0.15, 0.2) is 42.7 Å². The molecule has 0 aliphatic heterocycles. The van der Waals surface area contributed by atoms with Crippen molar-refractivity contribution in [2.45, 2.75) is 19.9 Å². The van der Waals surface area contributed by atoms with Gasteiger partial charge in [0.05, 0.1) is 23.9 Å². The number of hydrogen-bond donors (Lipinski definition) is 1. The van der Waals surface area contributed by atoms with Gasteiger partial charge >= 0.3 is 0 Å². The van der Waals surface area contributed by atoms with Crippen molar-refractivity contribution in [1.29, 1.82) is 5.26 Å². The van der Waals surface area contributed by atoms with Crippen molar-refractivity contribution in [2.24, 2.45) is 5.92 Å². The van der Waals surface area contributed by atoms with Crippen LogP contribution < -0.4 is 5.32 Å². The maximum atomic E-state index is 8.76. The van der Waals surface area contributed by atoms with Crippen LogP contribution in [0, 0.1) is 17.2 Å². The van der Waals surface area contributed by atoms with Crippen molar-refractivity contribution < 1.29 is 0 Å². The Morgan fingerprint density at radius 2 is 2.05 bits per heavy atom. The third-order valence-corrected chi connectivity index (χ3v) is 3.07. The minimum atomic E-state index is 0.0200. The number of aromatic nitrogens is 2. The third kappa shape index (κ3) is 3.43. The lowest BCUT2D eigenvalue weighted by Gasteiger charge is -2.12. The molecule has 0 spiro atoms. The molecule has 4 heteroatoms. The number of benzene rings is 1. The van der Waals surface area contributed by atoms with Crippen LogP contribution in [0.5, 0.6) is 0 Å². The Morgan fingerprint density at radius 3 is 2.74 bits per heavy atom. The molecule has 2 atom stereocenters. The van der Waals surface area contributed by atoms with E-state index in [0.29, 0.717) is 6.54 Å². The maximum absolute atomic E-state index is 8.76. The van der Waals surface area contributed by atoms with Crippen molar-refractivity contribution >= 4 is 0 Å². The molecule has 2 aromatic rings. The lowest BCUT2D eigenvalue weighted by molar-refractivity contribution is 0.528. The molecule has 1 heterocycles. The van der Waals surface area contributed by atoms with E-state index >= 15 is 0 Å². The van der Waals surface area contributed by atoms with Gasteiger partial charge in [-0.3, -0.25) is 0 Å². The Kier molecular flexibility index (Phi) is 4.32. The highest BCUT2D eigenvalue weighted by atomic mass is 15.3. The summed E-state index contributed by atoms with van der Waals surface area (Å²) in [6.07, 6.45) is 3.88. The van der Waals surface area contributed by atoms with Crippen molar-refractivity contribution in [3.8, 4) is 11.8 Å². The van der Waals surface area contributed by atoms with Gasteiger partial charge in [0.15, 0.2) is 0 Å². The van der Waals surface area contributed by atoms with Crippen molar-refractivity contribution in [2.75, 3.05) is 6.54 Å². The van der Waals surface area contributed by atoms with Gasteiger partial charge in [0.1, 0.15) is 0 Å². The lowest BCUT2D eigenvalue weighted by atomic mass is 10.1. The van der Waals surface area contributed by atoms with Crippen LogP contribution in [0.1, 0.15) is 25.5 Å². The van der Waals surface area contributed by atoms with Crippen LogP contribution in [0.25, 0.3) is 5.69 Å². The average molecular weight is 254 g/mol. The van der Waals surface area contributed by atoms with E-state index in [1.807, 2.05) is 54.3 Å². The number of rotatable bonds is 5. The van der Waals surface area contributed by atoms with E-state index in [9.17, 15) is 0 Å². The first-order valence-corrected chi connectivity index (χ1v) is 6.43. The van der Waals surface area contributed by atoms with E-state index in [2.05, 4.69) is 23.4 Å². The van der Waals surface area contributed by atoms with Gasteiger partial charge in [-0.05, 0) is 26.0 Å². The van der Waals surface area contributed by atoms with Gasteiger partial charge in [0, 0.05) is 24.3 Å². The molecular formula is C15H18N4. The van der Waals surface area contributed by atoms with Crippen LogP contribution in [0.4, 0.5) is 0 Å². The smallest absolute Gasteiger partial charge is 0.0666 e. The Hall–Kier alpha value is -2.12. The quantitative estimate of drug-likeness (QED) is 0.892. The van der Waals surface area contributed by atoms with Gasteiger partial charge in [-0.2, -0.15) is 10.4 Å². The van der Waals surface area contributed by atoms with E-state index in [-0.39, 0.29) is 12.0 Å². The second kappa shape index (κ2) is 6.17. The largest absolute Gasteiger partial charge is 0.309 e. The minimum absolute atomic E-state index is 0.0200. The Labute approximate surface area is 113 Å². The molecule has 2 unspecified atom stereocenters. The average Bonchev–Trinajstić information content (AvgIpc) is 2.95. The first kappa shape index (κ1) is 13.3. The molecule has 1 aromatic heterocycles. The monoisotopic (exact) mass is 254 g/mol. The van der Waals surface area contributed by atoms with Crippen molar-refractivity contribution in [3.05, 3.63) is 48.3 Å². The van der Waals surface area contributed by atoms with Crippen LogP contribution in [-0.2, 0) is 0 Å². The zero-order valence-corrected chi connectivity index (χ0v) is 11.2. The summed E-state index contributed by atoms with van der Waals surface area (Å²) in [5.74, 6) is 0.0200. The molecule has 0 saturated carbocycles. The second-order valence-electron chi connectivity index (χ2n) is 4.71. The number of para-hydroxylation sites is 1. The summed E-state index contributed by atoms with van der Waals surface area (Å²) in [4.78, 5) is 0. The third-order valence-electron chi connectivity index (χ3n) is 3.07. The molecule has 0 aliphatic rings. The summed E-state index contributed by atoms with van der Waals surface area (Å²) in [5.41, 5.74) is 2.17. The van der Waals surface area contributed by atoms with Gasteiger partial charge in [-0.15, -0.1) is 0 Å². The summed E-state index contributed by atoms with van der Waals surface area (Å²) in [6, 6.07) is 12.4. The van der Waals surface area contributed by atoms with Gasteiger partial charge in [-0.25, -0.2) is 4.68 Å². The highest BCUT2D eigenvalue weighted by Crippen LogP contribution is 2.14. The van der Waals surface area contributed by atoms with Crippen molar-refractivity contribution in [3.63, 3.8) is 0 Å². The molecule has 0 aliphatic carbocycles. The molecule has 0 amide bonds. The highest BCUT2D eigenvalue weighted by Gasteiger charge is 2.09. The van der Waals surface area contributed by atoms with Crippen molar-refractivity contribution in [1.82, 2.24) is 15.1 Å². The van der Waals surface area contributed by atoms with E-state index in [4.69, 9.17) is 5.26 Å². The maximum Gasteiger partial charge on any atom is 0.0666 e. The summed E-state index contributed by atoms with van der Waals surface area (Å²) in [5, 5.41) is 16.5. The molecule has 1 aromatic carbocycles. The fraction of sp³-hybridized carbons (Fsp3) is 0.333. The summed E-state index contributed by atoms with van der Waals surface area (Å²) in [6.45, 7) is 4.68. The molecule has 98 valence electrons. The number of nitrogens with one attached hydrogen (secondary N) is 1. The molecule has 4 nitrogen and oxygen atoms in total. The Morgan fingerprint density at radius 1 is 1.32 bits per heavy atom. The number of nitrogens with zero attached hydrogens (tertiary/aromatic N) is 3. The van der Waals surface area contributed by atoms with Crippen LogP contribution in [0.2, 0.25) is 0 Å². The highest BCUT2D eigenvalue weighted by molar-refractivity contribution is 5.31. The summed E-state index contributed by atoms with van der Waals surface area (Å²) < 4.78 is 1.86. The predicted octanol–water partition coefficient (Wildman–Crippen LogP) is 2.68. The first-order valence-electron chi connectivity index (χ1n) is 6.43. The normalized spacial score (nSPS) is 13.7. The van der Waals surface area contributed by atoms with E-state index in [1.165, 1.54) is 0 Å². The van der Waals surface area contributed by atoms with Gasteiger partial charge in [-0.1, -0.05) is 18.2 Å².